The molecule has 1 fully saturated rings. The number of rotatable bonds is 6. The maximum atomic E-state index is 15.1. The molecule has 1 saturated heterocycles. The van der Waals surface area contributed by atoms with E-state index >= 15 is 4.79 Å². The quantitative estimate of drug-likeness (QED) is 0.375. The van der Waals surface area contributed by atoms with Crippen LogP contribution in [-0.2, 0) is 15.0 Å². The smallest absolute Gasteiger partial charge is 0.238 e. The number of allylic oxidation sites excluding steroid dienone is 1. The first-order valence-electron chi connectivity index (χ1n) is 14.4. The van der Waals surface area contributed by atoms with Crippen molar-refractivity contribution in [3.8, 4) is 17.2 Å². The Hall–Kier alpha value is -4.59. The molecule has 6 rings (SSSR count). The summed E-state index contributed by atoms with van der Waals surface area (Å²) < 4.78 is 16.7. The van der Waals surface area contributed by atoms with Crippen molar-refractivity contribution in [1.29, 1.82) is 0 Å². The van der Waals surface area contributed by atoms with Crippen LogP contribution in [0.15, 0.2) is 66.7 Å². The van der Waals surface area contributed by atoms with Crippen LogP contribution in [0.25, 0.3) is 5.57 Å². The lowest BCUT2D eigenvalue weighted by molar-refractivity contribution is -0.128. The summed E-state index contributed by atoms with van der Waals surface area (Å²) >= 11 is 0. The van der Waals surface area contributed by atoms with E-state index in [4.69, 9.17) is 14.2 Å². The monoisotopic (exact) mass is 580 g/mol. The van der Waals surface area contributed by atoms with Crippen LogP contribution in [0.4, 0.5) is 11.4 Å². The predicted molar refractivity (Wildman–Crippen MR) is 165 cm³/mol. The average molecular weight is 581 g/mol. The van der Waals surface area contributed by atoms with Gasteiger partial charge in [-0.15, -0.1) is 0 Å². The molecule has 0 saturated carbocycles. The van der Waals surface area contributed by atoms with Gasteiger partial charge in [0.1, 0.15) is 11.5 Å². The largest absolute Gasteiger partial charge is 0.493 e. The first-order valence-corrected chi connectivity index (χ1v) is 14.4. The van der Waals surface area contributed by atoms with Gasteiger partial charge in [-0.2, -0.15) is 0 Å². The average Bonchev–Trinajstić information content (AvgIpc) is 3.47. The van der Waals surface area contributed by atoms with Gasteiger partial charge < -0.3 is 24.4 Å². The molecular weight excluding hydrogens is 544 g/mol. The van der Waals surface area contributed by atoms with Crippen LogP contribution in [0.5, 0.6) is 17.2 Å². The van der Waals surface area contributed by atoms with Crippen molar-refractivity contribution in [3.05, 3.63) is 83.4 Å². The number of fused-ring (bicyclic) bond motifs is 6. The number of nitrogens with zero attached hydrogens (tertiary/aromatic N) is 1. The zero-order chi connectivity index (χ0) is 30.8. The van der Waals surface area contributed by atoms with Crippen molar-refractivity contribution in [3.63, 3.8) is 0 Å². The summed E-state index contributed by atoms with van der Waals surface area (Å²) in [6, 6.07) is 17.0. The number of hydrogen-bond acceptors (Lipinski definition) is 7. The Labute approximate surface area is 251 Å². The fraction of sp³-hybridized carbons (Fsp3) is 0.343. The first kappa shape index (κ1) is 28.5. The van der Waals surface area contributed by atoms with Crippen LogP contribution in [0.2, 0.25) is 0 Å². The summed E-state index contributed by atoms with van der Waals surface area (Å²) in [4.78, 5) is 46.4. The molecule has 1 spiro atoms. The Balaban J connectivity index is 1.70. The van der Waals surface area contributed by atoms with Crippen LogP contribution >= 0.6 is 0 Å². The van der Waals surface area contributed by atoms with E-state index in [-0.39, 0.29) is 23.0 Å². The van der Waals surface area contributed by atoms with Crippen LogP contribution in [0.1, 0.15) is 49.2 Å². The Kier molecular flexibility index (Phi) is 6.64. The van der Waals surface area contributed by atoms with Crippen molar-refractivity contribution >= 4 is 34.4 Å². The van der Waals surface area contributed by atoms with Crippen molar-refractivity contribution in [2.24, 2.45) is 11.3 Å². The lowest BCUT2D eigenvalue weighted by Gasteiger charge is -2.39. The van der Waals surface area contributed by atoms with Crippen LogP contribution in [0, 0.1) is 11.3 Å². The second kappa shape index (κ2) is 10.0. The highest BCUT2D eigenvalue weighted by Crippen LogP contribution is 2.59. The number of nitrogens with one attached hydrogen (secondary N) is 1. The number of methoxy groups -OCH3 is 3. The Morgan fingerprint density at radius 3 is 2.16 bits per heavy atom. The molecule has 8 heteroatoms. The Bertz CT molecular complexity index is 1680. The maximum absolute atomic E-state index is 15.1. The normalized spacial score (nSPS) is 23.6. The fourth-order valence-corrected chi connectivity index (χ4v) is 7.23. The van der Waals surface area contributed by atoms with Gasteiger partial charge in [0.05, 0.1) is 33.3 Å². The molecule has 1 amide bonds. The highest BCUT2D eigenvalue weighted by atomic mass is 16.5. The first-order chi connectivity index (χ1) is 20.5. The third-order valence-electron chi connectivity index (χ3n) is 9.12. The molecule has 0 unspecified atom stereocenters. The molecule has 0 bridgehead atoms. The van der Waals surface area contributed by atoms with E-state index < -0.39 is 28.8 Å². The minimum Gasteiger partial charge on any atom is -0.493 e. The van der Waals surface area contributed by atoms with Crippen LogP contribution < -0.4 is 24.4 Å². The Morgan fingerprint density at radius 2 is 1.53 bits per heavy atom. The molecule has 43 heavy (non-hydrogen) atoms. The minimum absolute atomic E-state index is 0.125. The summed E-state index contributed by atoms with van der Waals surface area (Å²) in [5, 5.41) is 3.07. The van der Waals surface area contributed by atoms with Gasteiger partial charge in [-0.25, -0.2) is 0 Å². The number of Topliss-reactive ketones (excluding diaryl/α,β-unsaturated/α-hetero) is 2. The number of benzene rings is 3. The number of ketones is 2. The molecule has 0 aliphatic carbocycles. The highest BCUT2D eigenvalue weighted by molar-refractivity contribution is 6.17. The van der Waals surface area contributed by atoms with Crippen LogP contribution in [0.3, 0.4) is 0 Å². The summed E-state index contributed by atoms with van der Waals surface area (Å²) in [5.74, 6) is -0.893. The third-order valence-corrected chi connectivity index (χ3v) is 9.12. The zero-order valence-electron chi connectivity index (χ0n) is 25.5. The van der Waals surface area contributed by atoms with E-state index in [0.717, 1.165) is 16.8 Å². The fourth-order valence-electron chi connectivity index (χ4n) is 7.23. The van der Waals surface area contributed by atoms with E-state index in [0.29, 0.717) is 28.5 Å². The molecule has 8 nitrogen and oxygen atoms in total. The Morgan fingerprint density at radius 1 is 0.907 bits per heavy atom. The molecule has 3 aliphatic heterocycles. The van der Waals surface area contributed by atoms with E-state index in [1.54, 1.807) is 12.1 Å². The minimum atomic E-state index is -1.39. The summed E-state index contributed by atoms with van der Waals surface area (Å²) in [7, 11) is 4.47. The maximum Gasteiger partial charge on any atom is 0.238 e. The molecule has 4 atom stereocenters. The van der Waals surface area contributed by atoms with Crippen LogP contribution in [-0.4, -0.2) is 50.9 Å². The molecule has 3 heterocycles. The topological polar surface area (TPSA) is 94.2 Å². The lowest BCUT2D eigenvalue weighted by atomic mass is 9.63. The van der Waals surface area contributed by atoms with Crippen molar-refractivity contribution < 1.29 is 28.6 Å². The van der Waals surface area contributed by atoms with E-state index in [2.05, 4.69) is 11.4 Å². The second-order valence-corrected chi connectivity index (χ2v) is 12.4. The summed E-state index contributed by atoms with van der Waals surface area (Å²) in [5.41, 5.74) is 2.17. The van der Waals surface area contributed by atoms with E-state index in [9.17, 15) is 9.59 Å². The number of hydrogen-bond donors (Lipinski definition) is 1. The van der Waals surface area contributed by atoms with Crippen molar-refractivity contribution in [2.45, 2.75) is 45.2 Å². The number of anilines is 2. The predicted octanol–water partition coefficient (Wildman–Crippen LogP) is 5.69. The van der Waals surface area contributed by atoms with Gasteiger partial charge in [-0.3, -0.25) is 14.4 Å². The molecule has 0 radical (unpaired) electrons. The molecule has 222 valence electrons. The summed E-state index contributed by atoms with van der Waals surface area (Å²) in [6.07, 6.45) is 2.05. The number of carbonyl (C=O) groups excluding carboxylic acids is 3. The molecule has 3 aromatic rings. The lowest BCUT2D eigenvalue weighted by Crippen LogP contribution is -2.51. The zero-order valence-corrected chi connectivity index (χ0v) is 25.5. The van der Waals surface area contributed by atoms with Gasteiger partial charge in [-0.1, -0.05) is 63.2 Å². The standard InChI is InChI=1S/C35H36N2O6/c1-19-16-27-35(22-13-9-10-14-23(22)36-33(35)40)28(30(38)20-17-25(41-5)31(43-7)26(18-20)42-6)29(32(39)34(2,3)4)37(27)24-15-11-8-12-21(19)24/h8-18,27-29H,1-7H3,(H,36,40)/t27-,28+,29-,35+/m1/s1. The summed E-state index contributed by atoms with van der Waals surface area (Å²) in [6.45, 7) is 7.58. The third kappa shape index (κ3) is 3.92. The number of ether oxygens (including phenoxy) is 3. The number of para-hydroxylation sites is 2. The van der Waals surface area contributed by atoms with Gasteiger partial charge in [0.2, 0.25) is 11.7 Å². The molecule has 0 aromatic heterocycles. The highest BCUT2D eigenvalue weighted by Gasteiger charge is 2.71. The van der Waals surface area contributed by atoms with E-state index in [1.807, 2.05) is 81.1 Å². The molecule has 3 aliphatic rings. The molecular formula is C35H36N2O6. The number of carbonyl (C=O) groups is 3. The van der Waals surface area contributed by atoms with Crippen molar-refractivity contribution in [2.75, 3.05) is 31.5 Å². The second-order valence-electron chi connectivity index (χ2n) is 12.4. The van der Waals surface area contributed by atoms with Gasteiger partial charge in [0.25, 0.3) is 0 Å². The number of amides is 1. The van der Waals surface area contributed by atoms with Crippen molar-refractivity contribution in [1.82, 2.24) is 0 Å². The molecule has 3 aromatic carbocycles. The molecule has 1 N–H and O–H groups in total. The SMILES string of the molecule is COc1cc(C(=O)[C@@H]2[C@H](C(=O)C(C)(C)C)N3c4ccccc4C(C)=C[C@@H]3[C@]23C(=O)Nc2ccccc23)cc(OC)c1OC. The van der Waals surface area contributed by atoms with E-state index in [1.165, 1.54) is 21.3 Å². The van der Waals surface area contributed by atoms with Gasteiger partial charge >= 0.3 is 0 Å². The van der Waals surface area contributed by atoms with Gasteiger partial charge in [0, 0.05) is 27.9 Å². The van der Waals surface area contributed by atoms with Gasteiger partial charge in [-0.05, 0) is 42.3 Å². The van der Waals surface area contributed by atoms with Gasteiger partial charge in [0.15, 0.2) is 23.1 Å².